The molecular formula is C74H143NO5. The summed E-state index contributed by atoms with van der Waals surface area (Å²) < 4.78 is 5.50. The summed E-state index contributed by atoms with van der Waals surface area (Å²) in [5, 5.41) is 23.2. The van der Waals surface area contributed by atoms with Gasteiger partial charge in [-0.25, -0.2) is 0 Å². The topological polar surface area (TPSA) is 95.9 Å². The summed E-state index contributed by atoms with van der Waals surface area (Å²) in [7, 11) is 0. The highest BCUT2D eigenvalue weighted by molar-refractivity contribution is 5.76. The average molecular weight is 1130 g/mol. The molecule has 0 fully saturated rings. The highest BCUT2D eigenvalue weighted by Crippen LogP contribution is 2.19. The van der Waals surface area contributed by atoms with Gasteiger partial charge in [0.1, 0.15) is 0 Å². The van der Waals surface area contributed by atoms with Crippen molar-refractivity contribution in [2.45, 2.75) is 424 Å². The van der Waals surface area contributed by atoms with Gasteiger partial charge in [0.25, 0.3) is 0 Å². The molecule has 6 nitrogen and oxygen atoms in total. The predicted octanol–water partition coefficient (Wildman–Crippen LogP) is 23.7. The second kappa shape index (κ2) is 69.8. The van der Waals surface area contributed by atoms with Crippen molar-refractivity contribution in [3.63, 3.8) is 0 Å². The first-order valence-corrected chi connectivity index (χ1v) is 36.6. The Morgan fingerprint density at radius 3 is 0.950 bits per heavy atom. The molecule has 6 heteroatoms. The number of rotatable bonds is 69. The number of hydrogen-bond acceptors (Lipinski definition) is 5. The lowest BCUT2D eigenvalue weighted by atomic mass is 10.0. The van der Waals surface area contributed by atoms with Crippen LogP contribution in [-0.4, -0.2) is 47.4 Å². The minimum absolute atomic E-state index is 0.0232. The normalized spacial score (nSPS) is 12.6. The minimum Gasteiger partial charge on any atom is -0.466 e. The van der Waals surface area contributed by atoms with Gasteiger partial charge in [-0.15, -0.1) is 0 Å². The Labute approximate surface area is 501 Å². The van der Waals surface area contributed by atoms with Crippen molar-refractivity contribution in [1.29, 1.82) is 0 Å². The van der Waals surface area contributed by atoms with E-state index in [9.17, 15) is 19.8 Å². The van der Waals surface area contributed by atoms with E-state index in [4.69, 9.17) is 4.74 Å². The Kier molecular flexibility index (Phi) is 68.4. The first kappa shape index (κ1) is 78.3. The summed E-state index contributed by atoms with van der Waals surface area (Å²) in [5.41, 5.74) is 0. The van der Waals surface area contributed by atoms with E-state index in [1.165, 1.54) is 334 Å². The van der Waals surface area contributed by atoms with E-state index in [0.717, 1.165) is 44.9 Å². The van der Waals surface area contributed by atoms with Crippen LogP contribution in [0.1, 0.15) is 412 Å². The molecule has 0 rings (SSSR count). The van der Waals surface area contributed by atoms with Crippen LogP contribution in [0.25, 0.3) is 0 Å². The third-order valence-electron chi connectivity index (χ3n) is 17.3. The van der Waals surface area contributed by atoms with Crippen LogP contribution in [0.2, 0.25) is 0 Å². The lowest BCUT2D eigenvalue weighted by Gasteiger charge is -2.22. The zero-order valence-electron chi connectivity index (χ0n) is 54.3. The molecule has 0 aromatic carbocycles. The smallest absolute Gasteiger partial charge is 0.305 e. The third kappa shape index (κ3) is 65.5. The molecule has 0 saturated carbocycles. The SMILES string of the molecule is CCCCCCCCCCCCCCCCC(=O)OCCCCCCCCCCCCCCCCC/C=C\C/C=C\CCCCCCCCCCCCCCCCCCCC(=O)NC(CO)C(O)CCCCCCCCCCCC. The van der Waals surface area contributed by atoms with E-state index >= 15 is 0 Å². The molecule has 0 spiro atoms. The number of aliphatic hydroxyl groups excluding tert-OH is 2. The van der Waals surface area contributed by atoms with E-state index in [1.807, 2.05) is 0 Å². The molecule has 0 heterocycles. The molecule has 2 unspecified atom stereocenters. The quantitative estimate of drug-likeness (QED) is 0.0320. The van der Waals surface area contributed by atoms with Gasteiger partial charge in [-0.3, -0.25) is 9.59 Å². The fraction of sp³-hybridized carbons (Fsp3) is 0.919. The Balaban J connectivity index is 3.32. The van der Waals surface area contributed by atoms with Gasteiger partial charge < -0.3 is 20.3 Å². The Bertz CT molecular complexity index is 1250. The number of carbonyl (C=O) groups excluding carboxylic acids is 2. The fourth-order valence-corrected chi connectivity index (χ4v) is 11.7. The van der Waals surface area contributed by atoms with Crippen molar-refractivity contribution in [3.8, 4) is 0 Å². The lowest BCUT2D eigenvalue weighted by Crippen LogP contribution is -2.45. The molecule has 0 radical (unpaired) electrons. The van der Waals surface area contributed by atoms with Gasteiger partial charge in [0.05, 0.1) is 25.4 Å². The molecule has 0 bridgehead atoms. The summed E-state index contributed by atoms with van der Waals surface area (Å²) >= 11 is 0. The molecule has 3 N–H and O–H groups in total. The number of allylic oxidation sites excluding steroid dienone is 4. The van der Waals surface area contributed by atoms with E-state index in [1.54, 1.807) is 0 Å². The number of unbranched alkanes of at least 4 members (excludes halogenated alkanes) is 54. The number of aliphatic hydroxyl groups is 2. The maximum Gasteiger partial charge on any atom is 0.305 e. The van der Waals surface area contributed by atoms with Crippen LogP contribution >= 0.6 is 0 Å². The molecule has 474 valence electrons. The summed E-state index contributed by atoms with van der Waals surface area (Å²) in [6.45, 7) is 4.97. The number of ether oxygens (including phenoxy) is 1. The molecular weight excluding hydrogens is 983 g/mol. The van der Waals surface area contributed by atoms with Gasteiger partial charge in [0.15, 0.2) is 0 Å². The molecule has 0 saturated heterocycles. The largest absolute Gasteiger partial charge is 0.466 e. The van der Waals surface area contributed by atoms with E-state index in [2.05, 4.69) is 43.5 Å². The Morgan fingerprint density at radius 1 is 0.350 bits per heavy atom. The van der Waals surface area contributed by atoms with Crippen LogP contribution in [-0.2, 0) is 14.3 Å². The van der Waals surface area contributed by atoms with Gasteiger partial charge in [0, 0.05) is 12.8 Å². The molecule has 0 aliphatic rings. The third-order valence-corrected chi connectivity index (χ3v) is 17.3. The van der Waals surface area contributed by atoms with Crippen molar-refractivity contribution in [2.24, 2.45) is 0 Å². The van der Waals surface area contributed by atoms with Gasteiger partial charge in [-0.1, -0.05) is 366 Å². The summed E-state index contributed by atoms with van der Waals surface area (Å²) in [5.74, 6) is -0.00841. The van der Waals surface area contributed by atoms with Gasteiger partial charge in [-0.05, 0) is 57.8 Å². The molecule has 0 aliphatic carbocycles. The first-order chi connectivity index (χ1) is 39.5. The van der Waals surface area contributed by atoms with Crippen LogP contribution in [0, 0.1) is 0 Å². The van der Waals surface area contributed by atoms with Crippen molar-refractivity contribution >= 4 is 11.9 Å². The Morgan fingerprint density at radius 2 is 0.625 bits per heavy atom. The predicted molar refractivity (Wildman–Crippen MR) is 352 cm³/mol. The van der Waals surface area contributed by atoms with Crippen molar-refractivity contribution in [2.75, 3.05) is 13.2 Å². The number of carbonyl (C=O) groups is 2. The van der Waals surface area contributed by atoms with Crippen molar-refractivity contribution in [1.82, 2.24) is 5.32 Å². The fourth-order valence-electron chi connectivity index (χ4n) is 11.7. The van der Waals surface area contributed by atoms with Crippen LogP contribution in [0.3, 0.4) is 0 Å². The highest BCUT2D eigenvalue weighted by Gasteiger charge is 2.20. The molecule has 0 aromatic rings. The summed E-state index contributed by atoms with van der Waals surface area (Å²) in [4.78, 5) is 24.5. The number of nitrogens with one attached hydrogen (secondary N) is 1. The number of esters is 1. The van der Waals surface area contributed by atoms with Crippen molar-refractivity contribution < 1.29 is 24.5 Å². The lowest BCUT2D eigenvalue weighted by molar-refractivity contribution is -0.143. The highest BCUT2D eigenvalue weighted by atomic mass is 16.5. The first-order valence-electron chi connectivity index (χ1n) is 36.6. The van der Waals surface area contributed by atoms with E-state index in [-0.39, 0.29) is 18.5 Å². The Hall–Kier alpha value is -1.66. The molecule has 0 aromatic heterocycles. The van der Waals surface area contributed by atoms with Crippen LogP contribution in [0.15, 0.2) is 24.3 Å². The van der Waals surface area contributed by atoms with E-state index < -0.39 is 12.1 Å². The summed E-state index contributed by atoms with van der Waals surface area (Å²) in [6.07, 6.45) is 88.4. The number of amides is 1. The second-order valence-electron chi connectivity index (χ2n) is 25.3. The molecule has 1 amide bonds. The maximum absolute atomic E-state index is 12.4. The average Bonchev–Trinajstić information content (AvgIpc) is 3.46. The minimum atomic E-state index is -0.660. The number of hydrogen-bond donors (Lipinski definition) is 3. The van der Waals surface area contributed by atoms with Crippen LogP contribution in [0.5, 0.6) is 0 Å². The monoisotopic (exact) mass is 1130 g/mol. The molecule has 2 atom stereocenters. The van der Waals surface area contributed by atoms with Gasteiger partial charge in [-0.2, -0.15) is 0 Å². The zero-order valence-corrected chi connectivity index (χ0v) is 54.3. The zero-order chi connectivity index (χ0) is 57.8. The van der Waals surface area contributed by atoms with Gasteiger partial charge in [0.2, 0.25) is 5.91 Å². The maximum atomic E-state index is 12.4. The van der Waals surface area contributed by atoms with Crippen molar-refractivity contribution in [3.05, 3.63) is 24.3 Å². The standard InChI is InChI=1S/C74H143NO5/c1-3-5-7-9-11-13-15-16-45-48-52-56-60-64-68-74(79)80-69-65-61-57-53-49-46-43-41-39-37-35-33-31-29-27-25-23-21-19-17-18-20-22-24-26-28-30-32-34-36-38-40-42-44-47-51-55-59-63-67-73(78)75-71(70-76)72(77)66-62-58-54-50-14-12-10-8-6-4-2/h17-18,21,23,71-72,76-77H,3-16,19-20,22,24-70H2,1-2H3,(H,75,78)/b18-17-,23-21-. The molecule has 0 aliphatic heterocycles. The second-order valence-corrected chi connectivity index (χ2v) is 25.3. The summed E-state index contributed by atoms with van der Waals surface area (Å²) in [6, 6.07) is -0.537. The van der Waals surface area contributed by atoms with Gasteiger partial charge >= 0.3 is 5.97 Å². The molecule has 80 heavy (non-hydrogen) atoms. The van der Waals surface area contributed by atoms with Crippen LogP contribution in [0.4, 0.5) is 0 Å². The van der Waals surface area contributed by atoms with Crippen LogP contribution < -0.4 is 5.32 Å². The van der Waals surface area contributed by atoms with E-state index in [0.29, 0.717) is 25.9 Å².